The number of carbonyl (C=O) groups is 2. The molecular weight excluding hydrogens is 396 g/mol. The summed E-state index contributed by atoms with van der Waals surface area (Å²) in [6.45, 7) is 11.4. The zero-order valence-corrected chi connectivity index (χ0v) is 18.9. The number of carbonyl (C=O) groups excluding carboxylic acids is 2. The van der Waals surface area contributed by atoms with E-state index in [2.05, 4.69) is 4.98 Å². The van der Waals surface area contributed by atoms with Crippen molar-refractivity contribution >= 4 is 22.0 Å². The number of H-pyrrole nitrogens is 1. The van der Waals surface area contributed by atoms with Gasteiger partial charge in [-0.1, -0.05) is 13.8 Å². The zero-order valence-electron chi connectivity index (χ0n) is 18.1. The van der Waals surface area contributed by atoms with Gasteiger partial charge in [-0.15, -0.1) is 0 Å². The van der Waals surface area contributed by atoms with Crippen molar-refractivity contribution in [2.45, 2.75) is 40.7 Å². The van der Waals surface area contributed by atoms with E-state index in [1.807, 2.05) is 25.7 Å². The molecule has 1 unspecified atom stereocenters. The predicted molar refractivity (Wildman–Crippen MR) is 110 cm³/mol. The van der Waals surface area contributed by atoms with Crippen molar-refractivity contribution in [1.82, 2.24) is 18.5 Å². The number of hydrogen-bond donors (Lipinski definition) is 1. The highest BCUT2D eigenvalue weighted by atomic mass is 32.2. The van der Waals surface area contributed by atoms with Gasteiger partial charge in [0.2, 0.25) is 0 Å². The Morgan fingerprint density at radius 1 is 1.14 bits per heavy atom. The van der Waals surface area contributed by atoms with E-state index in [0.717, 1.165) is 0 Å². The molecule has 9 nitrogen and oxygen atoms in total. The van der Waals surface area contributed by atoms with Crippen molar-refractivity contribution in [3.8, 4) is 0 Å². The topological polar surface area (TPSA) is 103 Å². The van der Waals surface area contributed by atoms with Crippen LogP contribution >= 0.6 is 0 Å². The minimum absolute atomic E-state index is 0.124. The van der Waals surface area contributed by atoms with Gasteiger partial charge in [0.25, 0.3) is 10.2 Å². The van der Waals surface area contributed by atoms with Crippen molar-refractivity contribution in [1.29, 1.82) is 0 Å². The Bertz CT molecular complexity index is 852. The van der Waals surface area contributed by atoms with E-state index >= 15 is 0 Å². The van der Waals surface area contributed by atoms with Crippen LogP contribution in [0.4, 0.5) is 0 Å². The maximum absolute atomic E-state index is 13.1. The average molecular weight is 429 g/mol. The summed E-state index contributed by atoms with van der Waals surface area (Å²) in [6.07, 6.45) is 0. The van der Waals surface area contributed by atoms with Crippen LogP contribution in [0.1, 0.15) is 52.9 Å². The number of methoxy groups -OCH3 is 1. The molecule has 2 rings (SSSR count). The van der Waals surface area contributed by atoms with Crippen molar-refractivity contribution in [2.24, 2.45) is 0 Å². The second kappa shape index (κ2) is 9.38. The third kappa shape index (κ3) is 4.55. The molecule has 1 saturated heterocycles. The van der Waals surface area contributed by atoms with E-state index in [-0.39, 0.29) is 5.78 Å². The van der Waals surface area contributed by atoms with Gasteiger partial charge >= 0.3 is 5.97 Å². The minimum Gasteiger partial charge on any atom is -0.465 e. The molecule has 29 heavy (non-hydrogen) atoms. The summed E-state index contributed by atoms with van der Waals surface area (Å²) in [6, 6.07) is -0.435. The number of ketones is 1. The predicted octanol–water partition coefficient (Wildman–Crippen LogP) is 1.19. The lowest BCUT2D eigenvalue weighted by molar-refractivity contribution is 0.0599. The molecule has 0 amide bonds. The van der Waals surface area contributed by atoms with Gasteiger partial charge in [-0.05, 0) is 26.3 Å². The zero-order chi connectivity index (χ0) is 21.9. The van der Waals surface area contributed by atoms with Crippen LogP contribution in [0.5, 0.6) is 0 Å². The van der Waals surface area contributed by atoms with Crippen molar-refractivity contribution in [3.05, 3.63) is 22.5 Å². The fourth-order valence-corrected chi connectivity index (χ4v) is 5.42. The summed E-state index contributed by atoms with van der Waals surface area (Å²) in [5.41, 5.74) is 1.96. The van der Waals surface area contributed by atoms with Gasteiger partial charge in [-0.25, -0.2) is 4.79 Å². The van der Waals surface area contributed by atoms with E-state index in [9.17, 15) is 18.0 Å². The second-order valence-corrected chi connectivity index (χ2v) is 9.11. The normalized spacial score (nSPS) is 17.5. The molecular formula is C19H32N4O5S. The summed E-state index contributed by atoms with van der Waals surface area (Å²) in [7, 11) is -2.16. The molecule has 0 spiro atoms. The van der Waals surface area contributed by atoms with Gasteiger partial charge in [-0.3, -0.25) is 9.69 Å². The van der Waals surface area contributed by atoms with Gasteiger partial charge in [0.1, 0.15) is 0 Å². The Balaban J connectivity index is 2.11. The third-order valence-electron chi connectivity index (χ3n) is 5.63. The van der Waals surface area contributed by atoms with E-state index in [1.165, 1.54) is 15.7 Å². The lowest BCUT2D eigenvalue weighted by atomic mass is 10.0. The van der Waals surface area contributed by atoms with E-state index in [0.29, 0.717) is 61.8 Å². The van der Waals surface area contributed by atoms with Crippen molar-refractivity contribution in [2.75, 3.05) is 46.4 Å². The standard InChI is InChI=1S/C19H32N4O5S/c1-7-22(8-2)29(26,27)23-11-9-21(10-12-23)15(5)18(24)17-13(3)16(14(4)20-17)19(25)28-6/h15,20H,7-12H2,1-6H3. The lowest BCUT2D eigenvalue weighted by Gasteiger charge is -2.38. The minimum atomic E-state index is -3.47. The van der Waals surface area contributed by atoms with Crippen LogP contribution in [-0.2, 0) is 14.9 Å². The molecule has 0 aliphatic carbocycles. The molecule has 0 aromatic carbocycles. The highest BCUT2D eigenvalue weighted by molar-refractivity contribution is 7.86. The number of aromatic nitrogens is 1. The first-order valence-electron chi connectivity index (χ1n) is 9.90. The van der Waals surface area contributed by atoms with E-state index in [1.54, 1.807) is 13.8 Å². The molecule has 1 fully saturated rings. The molecule has 0 bridgehead atoms. The fourth-order valence-electron chi connectivity index (χ4n) is 3.81. The smallest absolute Gasteiger partial charge is 0.339 e. The molecule has 1 N–H and O–H groups in total. The molecule has 2 heterocycles. The SMILES string of the molecule is CCN(CC)S(=O)(=O)N1CCN(C(C)C(=O)c2[nH]c(C)c(C(=O)OC)c2C)CC1. The number of nitrogens with one attached hydrogen (secondary N) is 1. The average Bonchev–Trinajstić information content (AvgIpc) is 3.01. The van der Waals surface area contributed by atoms with E-state index < -0.39 is 22.2 Å². The number of aromatic amines is 1. The maximum Gasteiger partial charge on any atom is 0.339 e. The second-order valence-electron chi connectivity index (χ2n) is 7.18. The summed E-state index contributed by atoms with van der Waals surface area (Å²) in [4.78, 5) is 30.0. The fraction of sp³-hybridized carbons (Fsp3) is 0.684. The maximum atomic E-state index is 13.1. The van der Waals surface area contributed by atoms with Gasteiger partial charge in [0.05, 0.1) is 24.4 Å². The number of hydrogen-bond acceptors (Lipinski definition) is 6. The highest BCUT2D eigenvalue weighted by Crippen LogP contribution is 2.22. The summed E-state index contributed by atoms with van der Waals surface area (Å²) in [5, 5.41) is 0. The Morgan fingerprint density at radius 2 is 1.69 bits per heavy atom. The quantitative estimate of drug-likeness (QED) is 0.493. The van der Waals surface area contributed by atoms with Crippen molar-refractivity contribution in [3.63, 3.8) is 0 Å². The Hall–Kier alpha value is -1.75. The lowest BCUT2D eigenvalue weighted by Crippen LogP contribution is -2.55. The van der Waals surface area contributed by atoms with Crippen LogP contribution in [0.2, 0.25) is 0 Å². The number of ether oxygens (including phenoxy) is 1. The van der Waals surface area contributed by atoms with Gasteiger partial charge < -0.3 is 9.72 Å². The molecule has 1 atom stereocenters. The van der Waals surface area contributed by atoms with Crippen LogP contribution in [0.15, 0.2) is 0 Å². The van der Waals surface area contributed by atoms with Crippen molar-refractivity contribution < 1.29 is 22.7 Å². The van der Waals surface area contributed by atoms with Gasteiger partial charge in [-0.2, -0.15) is 17.0 Å². The Kier molecular flexibility index (Phi) is 7.61. The van der Waals surface area contributed by atoms with Crippen LogP contribution in [0, 0.1) is 13.8 Å². The largest absolute Gasteiger partial charge is 0.465 e. The monoisotopic (exact) mass is 428 g/mol. The van der Waals surface area contributed by atoms with Gasteiger partial charge in [0.15, 0.2) is 5.78 Å². The van der Waals surface area contributed by atoms with E-state index in [4.69, 9.17) is 4.74 Å². The summed E-state index contributed by atoms with van der Waals surface area (Å²) < 4.78 is 33.1. The molecule has 1 aromatic heterocycles. The number of esters is 1. The van der Waals surface area contributed by atoms with Crippen LogP contribution < -0.4 is 0 Å². The number of Topliss-reactive ketones (excluding diaryl/α,β-unsaturated/α-hetero) is 1. The molecule has 10 heteroatoms. The number of nitrogens with zero attached hydrogens (tertiary/aromatic N) is 3. The van der Waals surface area contributed by atoms with Crippen LogP contribution in [0.3, 0.4) is 0 Å². The Labute approximate surface area is 173 Å². The molecule has 0 radical (unpaired) electrons. The number of aryl methyl sites for hydroxylation is 1. The van der Waals surface area contributed by atoms with Gasteiger partial charge in [0, 0.05) is 45.0 Å². The first-order valence-corrected chi connectivity index (χ1v) is 11.3. The molecule has 1 aliphatic rings. The Morgan fingerprint density at radius 3 is 2.17 bits per heavy atom. The number of rotatable bonds is 8. The molecule has 0 saturated carbocycles. The highest BCUT2D eigenvalue weighted by Gasteiger charge is 2.34. The van der Waals surface area contributed by atoms with Crippen LogP contribution in [0.25, 0.3) is 0 Å². The first-order chi connectivity index (χ1) is 13.6. The summed E-state index contributed by atoms with van der Waals surface area (Å²) in [5.74, 6) is -0.598. The molecule has 1 aliphatic heterocycles. The van der Waals surface area contributed by atoms with Crippen LogP contribution in [-0.4, -0.2) is 91.1 Å². The summed E-state index contributed by atoms with van der Waals surface area (Å²) >= 11 is 0. The molecule has 1 aromatic rings. The molecule has 164 valence electrons. The first kappa shape index (κ1) is 23.5. The third-order valence-corrected chi connectivity index (χ3v) is 7.82. The number of piperazine rings is 1.